The maximum absolute atomic E-state index is 5.80. The number of rotatable bonds is 8. The fourth-order valence-electron chi connectivity index (χ4n) is 2.40. The van der Waals surface area contributed by atoms with E-state index >= 15 is 0 Å². The van der Waals surface area contributed by atoms with E-state index in [1.165, 1.54) is 5.56 Å². The van der Waals surface area contributed by atoms with Gasteiger partial charge in [-0.2, -0.15) is 0 Å². The average Bonchev–Trinajstić information content (AvgIpc) is 2.97. The van der Waals surface area contributed by atoms with Crippen LogP contribution in [0.25, 0.3) is 0 Å². The summed E-state index contributed by atoms with van der Waals surface area (Å²) in [5, 5.41) is 3.37. The van der Waals surface area contributed by atoms with Crippen molar-refractivity contribution in [3.05, 3.63) is 46.8 Å². The van der Waals surface area contributed by atoms with Crippen molar-refractivity contribution in [1.82, 2.24) is 10.2 Å². The van der Waals surface area contributed by atoms with Gasteiger partial charge in [-0.1, -0.05) is 6.92 Å². The monoisotopic (exact) mass is 290 g/mol. The van der Waals surface area contributed by atoms with Crippen LogP contribution in [-0.4, -0.2) is 18.5 Å². The summed E-state index contributed by atoms with van der Waals surface area (Å²) in [6, 6.07) is 6.19. The predicted octanol–water partition coefficient (Wildman–Crippen LogP) is 3.62. The van der Waals surface area contributed by atoms with Gasteiger partial charge in [0.1, 0.15) is 23.0 Å². The largest absolute Gasteiger partial charge is 0.465 e. The fourth-order valence-corrected chi connectivity index (χ4v) is 2.40. The molecule has 0 saturated heterocycles. The summed E-state index contributed by atoms with van der Waals surface area (Å²) in [4.78, 5) is 2.24. The Kier molecular flexibility index (Phi) is 5.65. The van der Waals surface area contributed by atoms with E-state index in [4.69, 9.17) is 8.83 Å². The molecule has 0 saturated carbocycles. The molecule has 0 atom stereocenters. The molecule has 2 rings (SSSR count). The van der Waals surface area contributed by atoms with Crippen LogP contribution < -0.4 is 5.32 Å². The van der Waals surface area contributed by atoms with Gasteiger partial charge in [0, 0.05) is 12.1 Å². The molecule has 0 aliphatic rings. The van der Waals surface area contributed by atoms with Crippen LogP contribution in [-0.2, 0) is 19.6 Å². The van der Waals surface area contributed by atoms with Gasteiger partial charge in [0.2, 0.25) is 0 Å². The minimum Gasteiger partial charge on any atom is -0.465 e. The molecule has 0 amide bonds. The molecule has 0 aliphatic heterocycles. The Bertz CT molecular complexity index is 557. The molecule has 116 valence electrons. The molecule has 0 aromatic carbocycles. The van der Waals surface area contributed by atoms with Gasteiger partial charge in [0.15, 0.2) is 0 Å². The predicted molar refractivity (Wildman–Crippen MR) is 84.1 cm³/mol. The third-order valence-corrected chi connectivity index (χ3v) is 3.46. The van der Waals surface area contributed by atoms with E-state index in [9.17, 15) is 0 Å². The van der Waals surface area contributed by atoms with E-state index in [-0.39, 0.29) is 0 Å². The van der Waals surface area contributed by atoms with Crippen LogP contribution in [0.15, 0.2) is 27.0 Å². The second kappa shape index (κ2) is 7.48. The van der Waals surface area contributed by atoms with Gasteiger partial charge in [-0.15, -0.1) is 0 Å². The summed E-state index contributed by atoms with van der Waals surface area (Å²) in [7, 11) is 2.10. The number of nitrogens with zero attached hydrogens (tertiary/aromatic N) is 1. The minimum absolute atomic E-state index is 0.801. The summed E-state index contributed by atoms with van der Waals surface area (Å²) in [6.45, 7) is 9.66. The maximum atomic E-state index is 5.80. The van der Waals surface area contributed by atoms with Crippen molar-refractivity contribution in [3.63, 3.8) is 0 Å². The second-order valence-corrected chi connectivity index (χ2v) is 5.66. The lowest BCUT2D eigenvalue weighted by Crippen LogP contribution is -2.17. The lowest BCUT2D eigenvalue weighted by atomic mass is 10.2. The first-order valence-corrected chi connectivity index (χ1v) is 7.61. The molecule has 2 aromatic heterocycles. The van der Waals surface area contributed by atoms with Crippen molar-refractivity contribution >= 4 is 0 Å². The second-order valence-electron chi connectivity index (χ2n) is 5.66. The van der Waals surface area contributed by atoms with E-state index in [2.05, 4.69) is 30.3 Å². The van der Waals surface area contributed by atoms with E-state index in [0.717, 1.165) is 55.6 Å². The van der Waals surface area contributed by atoms with Crippen LogP contribution in [0.4, 0.5) is 0 Å². The van der Waals surface area contributed by atoms with Gasteiger partial charge in [0.05, 0.1) is 13.1 Å². The highest BCUT2D eigenvalue weighted by molar-refractivity contribution is 5.20. The normalized spacial score (nSPS) is 11.5. The van der Waals surface area contributed by atoms with Crippen LogP contribution in [0.5, 0.6) is 0 Å². The van der Waals surface area contributed by atoms with Crippen molar-refractivity contribution < 1.29 is 8.83 Å². The summed E-state index contributed by atoms with van der Waals surface area (Å²) < 4.78 is 11.4. The Labute approximate surface area is 127 Å². The van der Waals surface area contributed by atoms with Crippen LogP contribution in [0.2, 0.25) is 0 Å². The molecule has 4 heteroatoms. The van der Waals surface area contributed by atoms with E-state index in [1.54, 1.807) is 0 Å². The third kappa shape index (κ3) is 4.76. The molecule has 0 aliphatic carbocycles. The molecule has 0 unspecified atom stereocenters. The molecular formula is C17H26N2O2. The number of hydrogen-bond donors (Lipinski definition) is 1. The van der Waals surface area contributed by atoms with Crippen LogP contribution in [0.3, 0.4) is 0 Å². The Morgan fingerprint density at radius 2 is 1.90 bits per heavy atom. The summed E-state index contributed by atoms with van der Waals surface area (Å²) in [5.74, 6) is 3.98. The first-order valence-electron chi connectivity index (χ1n) is 7.61. The minimum atomic E-state index is 0.801. The zero-order chi connectivity index (χ0) is 15.2. The van der Waals surface area contributed by atoms with Gasteiger partial charge < -0.3 is 14.2 Å². The number of hydrogen-bond acceptors (Lipinski definition) is 4. The number of aryl methyl sites for hydroxylation is 2. The van der Waals surface area contributed by atoms with E-state index in [0.29, 0.717) is 0 Å². The zero-order valence-electron chi connectivity index (χ0n) is 13.5. The van der Waals surface area contributed by atoms with Crippen LogP contribution in [0, 0.1) is 13.8 Å². The average molecular weight is 290 g/mol. The lowest BCUT2D eigenvalue weighted by molar-refractivity contribution is 0.283. The van der Waals surface area contributed by atoms with Crippen LogP contribution in [0.1, 0.15) is 41.9 Å². The molecule has 0 fully saturated rings. The number of furan rings is 2. The summed E-state index contributed by atoms with van der Waals surface area (Å²) in [5.41, 5.74) is 1.24. The zero-order valence-corrected chi connectivity index (χ0v) is 13.5. The molecule has 21 heavy (non-hydrogen) atoms. The Morgan fingerprint density at radius 3 is 2.57 bits per heavy atom. The quantitative estimate of drug-likeness (QED) is 0.754. The third-order valence-electron chi connectivity index (χ3n) is 3.46. The molecule has 4 nitrogen and oxygen atoms in total. The first kappa shape index (κ1) is 15.9. The highest BCUT2D eigenvalue weighted by Gasteiger charge is 2.11. The molecule has 2 heterocycles. The first-order chi connectivity index (χ1) is 10.1. The Hall–Kier alpha value is -1.52. The summed E-state index contributed by atoms with van der Waals surface area (Å²) in [6.07, 6.45) is 1.14. The van der Waals surface area contributed by atoms with Gasteiger partial charge in [0.25, 0.3) is 0 Å². The van der Waals surface area contributed by atoms with Crippen molar-refractivity contribution in [2.75, 3.05) is 13.6 Å². The van der Waals surface area contributed by atoms with E-state index in [1.807, 2.05) is 26.0 Å². The standard InChI is InChI=1S/C17H26N2O2/c1-5-8-18-10-17-9-15(14(3)21-17)11-19(4)12-16-7-6-13(2)20-16/h6-7,9,18H,5,8,10-12H2,1-4H3. The fraction of sp³-hybridized carbons (Fsp3) is 0.529. The van der Waals surface area contributed by atoms with Gasteiger partial charge >= 0.3 is 0 Å². The summed E-state index contributed by atoms with van der Waals surface area (Å²) >= 11 is 0. The van der Waals surface area contributed by atoms with Crippen molar-refractivity contribution in [3.8, 4) is 0 Å². The smallest absolute Gasteiger partial charge is 0.118 e. The number of nitrogens with one attached hydrogen (secondary N) is 1. The topological polar surface area (TPSA) is 41.5 Å². The molecule has 0 radical (unpaired) electrons. The van der Waals surface area contributed by atoms with Crippen molar-refractivity contribution in [1.29, 1.82) is 0 Å². The highest BCUT2D eigenvalue weighted by atomic mass is 16.3. The van der Waals surface area contributed by atoms with Gasteiger partial charge in [-0.25, -0.2) is 0 Å². The van der Waals surface area contributed by atoms with Gasteiger partial charge in [-0.05, 0) is 52.1 Å². The molecular weight excluding hydrogens is 264 g/mol. The molecule has 2 aromatic rings. The van der Waals surface area contributed by atoms with Crippen LogP contribution >= 0.6 is 0 Å². The lowest BCUT2D eigenvalue weighted by Gasteiger charge is -2.14. The van der Waals surface area contributed by atoms with Gasteiger partial charge in [-0.3, -0.25) is 4.90 Å². The van der Waals surface area contributed by atoms with Crippen molar-refractivity contribution in [2.45, 2.75) is 46.8 Å². The Balaban J connectivity index is 1.89. The SMILES string of the molecule is CCCNCc1cc(CN(C)Cc2ccc(C)o2)c(C)o1. The molecule has 0 spiro atoms. The maximum Gasteiger partial charge on any atom is 0.118 e. The Morgan fingerprint density at radius 1 is 1.10 bits per heavy atom. The van der Waals surface area contributed by atoms with Crippen molar-refractivity contribution in [2.24, 2.45) is 0 Å². The highest BCUT2D eigenvalue weighted by Crippen LogP contribution is 2.18. The molecule has 0 bridgehead atoms. The van der Waals surface area contributed by atoms with E-state index < -0.39 is 0 Å². The molecule has 1 N–H and O–H groups in total.